The molecule has 1 aromatic heterocycles. The van der Waals surface area contributed by atoms with Gasteiger partial charge in [0.05, 0.1) is 6.54 Å². The van der Waals surface area contributed by atoms with Crippen LogP contribution in [0.15, 0.2) is 18.3 Å². The molecule has 1 aromatic rings. The molecule has 6 heteroatoms. The first kappa shape index (κ1) is 11.8. The Morgan fingerprint density at radius 1 is 1.47 bits per heavy atom. The molecule has 0 spiro atoms. The lowest BCUT2D eigenvalue weighted by molar-refractivity contribution is 0.154. The Bertz CT molecular complexity index is 306. The summed E-state index contributed by atoms with van der Waals surface area (Å²) >= 11 is 0. The first-order chi connectivity index (χ1) is 7.15. The topological polar surface area (TPSA) is 42.1 Å². The summed E-state index contributed by atoms with van der Waals surface area (Å²) in [7, 11) is 0. The van der Waals surface area contributed by atoms with Crippen molar-refractivity contribution in [3.63, 3.8) is 0 Å². The van der Waals surface area contributed by atoms with Crippen LogP contribution in [0, 0.1) is 5.82 Å². The summed E-state index contributed by atoms with van der Waals surface area (Å²) in [5, 5.41) is 0. The standard InChI is InChI=1S/C9H12F3N3/c10-7-2-1-4-14-9(7)15(5-3-13)6-8(11)12/h1-2,4,8H,3,5-6,13H2. The predicted molar refractivity (Wildman–Crippen MR) is 51.5 cm³/mol. The van der Waals surface area contributed by atoms with Crippen LogP contribution in [0.2, 0.25) is 0 Å². The van der Waals surface area contributed by atoms with Gasteiger partial charge in [-0.1, -0.05) is 0 Å². The highest BCUT2D eigenvalue weighted by atomic mass is 19.3. The molecule has 15 heavy (non-hydrogen) atoms. The zero-order valence-corrected chi connectivity index (χ0v) is 8.04. The van der Waals surface area contributed by atoms with Gasteiger partial charge in [0.2, 0.25) is 0 Å². The van der Waals surface area contributed by atoms with Crippen molar-refractivity contribution in [2.45, 2.75) is 6.43 Å². The lowest BCUT2D eigenvalue weighted by atomic mass is 10.4. The number of rotatable bonds is 5. The normalized spacial score (nSPS) is 10.7. The van der Waals surface area contributed by atoms with E-state index >= 15 is 0 Å². The Morgan fingerprint density at radius 2 is 2.20 bits per heavy atom. The van der Waals surface area contributed by atoms with E-state index in [0.717, 1.165) is 4.90 Å². The maximum absolute atomic E-state index is 13.2. The number of aromatic nitrogens is 1. The first-order valence-corrected chi connectivity index (χ1v) is 4.49. The number of halogens is 3. The van der Waals surface area contributed by atoms with Gasteiger partial charge in [0.1, 0.15) is 0 Å². The number of pyridine rings is 1. The van der Waals surface area contributed by atoms with Crippen molar-refractivity contribution in [2.24, 2.45) is 5.73 Å². The quantitative estimate of drug-likeness (QED) is 0.810. The molecule has 0 aliphatic heterocycles. The van der Waals surface area contributed by atoms with Crippen molar-refractivity contribution in [3.05, 3.63) is 24.1 Å². The minimum Gasteiger partial charge on any atom is -0.347 e. The average Bonchev–Trinajstić information content (AvgIpc) is 2.17. The van der Waals surface area contributed by atoms with E-state index in [1.165, 1.54) is 18.3 Å². The third-order valence-corrected chi connectivity index (χ3v) is 1.80. The van der Waals surface area contributed by atoms with E-state index in [1.54, 1.807) is 0 Å². The maximum atomic E-state index is 13.2. The fraction of sp³-hybridized carbons (Fsp3) is 0.444. The largest absolute Gasteiger partial charge is 0.347 e. The molecule has 84 valence electrons. The molecule has 2 N–H and O–H groups in total. The minimum absolute atomic E-state index is 0.0803. The van der Waals surface area contributed by atoms with E-state index in [4.69, 9.17) is 5.73 Å². The minimum atomic E-state index is -2.54. The number of anilines is 1. The van der Waals surface area contributed by atoms with E-state index in [1.807, 2.05) is 0 Å². The van der Waals surface area contributed by atoms with Gasteiger partial charge in [0.25, 0.3) is 6.43 Å². The molecule has 0 saturated carbocycles. The van der Waals surface area contributed by atoms with Crippen LogP contribution in [-0.4, -0.2) is 31.0 Å². The summed E-state index contributed by atoms with van der Waals surface area (Å²) in [5.41, 5.74) is 5.26. The van der Waals surface area contributed by atoms with E-state index in [0.29, 0.717) is 0 Å². The van der Waals surface area contributed by atoms with Gasteiger partial charge in [0.15, 0.2) is 11.6 Å². The molecule has 0 aliphatic carbocycles. The molecule has 1 rings (SSSR count). The molecule has 0 fully saturated rings. The summed E-state index contributed by atoms with van der Waals surface area (Å²) in [6.07, 6.45) is -1.19. The summed E-state index contributed by atoms with van der Waals surface area (Å²) < 4.78 is 37.6. The fourth-order valence-electron chi connectivity index (χ4n) is 1.22. The molecule has 0 aliphatic rings. The van der Waals surface area contributed by atoms with E-state index in [9.17, 15) is 13.2 Å². The average molecular weight is 219 g/mol. The van der Waals surface area contributed by atoms with Crippen molar-refractivity contribution in [3.8, 4) is 0 Å². The van der Waals surface area contributed by atoms with Crippen LogP contribution in [-0.2, 0) is 0 Å². The SMILES string of the molecule is NCCN(CC(F)F)c1ncccc1F. The summed E-state index contributed by atoms with van der Waals surface area (Å²) in [6.45, 7) is -0.244. The van der Waals surface area contributed by atoms with Crippen molar-refractivity contribution in [2.75, 3.05) is 24.5 Å². The van der Waals surface area contributed by atoms with Crippen molar-refractivity contribution < 1.29 is 13.2 Å². The number of alkyl halides is 2. The lowest BCUT2D eigenvalue weighted by Crippen LogP contribution is -2.34. The second-order valence-corrected chi connectivity index (χ2v) is 2.93. The number of nitrogens with zero attached hydrogens (tertiary/aromatic N) is 2. The van der Waals surface area contributed by atoms with Gasteiger partial charge >= 0.3 is 0 Å². The highest BCUT2D eigenvalue weighted by Gasteiger charge is 2.16. The van der Waals surface area contributed by atoms with Crippen molar-refractivity contribution in [1.29, 1.82) is 0 Å². The number of nitrogens with two attached hydrogens (primary N) is 1. The van der Waals surface area contributed by atoms with Crippen LogP contribution >= 0.6 is 0 Å². The molecule has 0 saturated heterocycles. The molecule has 0 amide bonds. The van der Waals surface area contributed by atoms with E-state index in [2.05, 4.69) is 4.98 Å². The van der Waals surface area contributed by atoms with Gasteiger partial charge in [-0.2, -0.15) is 0 Å². The van der Waals surface area contributed by atoms with E-state index in [-0.39, 0.29) is 18.9 Å². The Hall–Kier alpha value is -1.30. The predicted octanol–water partition coefficient (Wildman–Crippen LogP) is 1.25. The van der Waals surface area contributed by atoms with Gasteiger partial charge < -0.3 is 10.6 Å². The Kier molecular flexibility index (Phi) is 4.36. The second kappa shape index (κ2) is 5.55. The van der Waals surface area contributed by atoms with Crippen molar-refractivity contribution >= 4 is 5.82 Å². The lowest BCUT2D eigenvalue weighted by Gasteiger charge is -2.22. The summed E-state index contributed by atoms with van der Waals surface area (Å²) in [5.74, 6) is -0.699. The molecule has 0 bridgehead atoms. The highest BCUT2D eigenvalue weighted by Crippen LogP contribution is 2.15. The monoisotopic (exact) mass is 219 g/mol. The Balaban J connectivity index is 2.83. The van der Waals surface area contributed by atoms with Crippen LogP contribution < -0.4 is 10.6 Å². The van der Waals surface area contributed by atoms with Gasteiger partial charge in [-0.3, -0.25) is 0 Å². The third kappa shape index (κ3) is 3.39. The Morgan fingerprint density at radius 3 is 2.73 bits per heavy atom. The number of hydrogen-bond donors (Lipinski definition) is 1. The second-order valence-electron chi connectivity index (χ2n) is 2.93. The molecule has 0 atom stereocenters. The van der Waals surface area contributed by atoms with Crippen molar-refractivity contribution in [1.82, 2.24) is 4.98 Å². The van der Waals surface area contributed by atoms with E-state index < -0.39 is 18.8 Å². The van der Waals surface area contributed by atoms with Gasteiger partial charge in [-0.05, 0) is 12.1 Å². The zero-order chi connectivity index (χ0) is 11.3. The van der Waals surface area contributed by atoms with Gasteiger partial charge in [-0.15, -0.1) is 0 Å². The van der Waals surface area contributed by atoms with Gasteiger partial charge in [-0.25, -0.2) is 18.2 Å². The molecule has 1 heterocycles. The molecular formula is C9H12F3N3. The van der Waals surface area contributed by atoms with Crippen LogP contribution in [0.4, 0.5) is 19.0 Å². The molecule has 0 aromatic carbocycles. The zero-order valence-electron chi connectivity index (χ0n) is 8.04. The Labute approximate surface area is 85.7 Å². The smallest absolute Gasteiger partial charge is 0.255 e. The fourth-order valence-corrected chi connectivity index (χ4v) is 1.22. The number of hydrogen-bond acceptors (Lipinski definition) is 3. The molecule has 0 radical (unpaired) electrons. The van der Waals surface area contributed by atoms with Crippen LogP contribution in [0.1, 0.15) is 0 Å². The summed E-state index contributed by atoms with van der Waals surface area (Å²) in [4.78, 5) is 4.85. The highest BCUT2D eigenvalue weighted by molar-refractivity contribution is 5.39. The van der Waals surface area contributed by atoms with Gasteiger partial charge in [0, 0.05) is 19.3 Å². The van der Waals surface area contributed by atoms with Crippen LogP contribution in [0.3, 0.4) is 0 Å². The first-order valence-electron chi connectivity index (χ1n) is 4.49. The molecule has 3 nitrogen and oxygen atoms in total. The molecular weight excluding hydrogens is 207 g/mol. The maximum Gasteiger partial charge on any atom is 0.255 e. The third-order valence-electron chi connectivity index (χ3n) is 1.80. The van der Waals surface area contributed by atoms with Crippen LogP contribution in [0.5, 0.6) is 0 Å². The van der Waals surface area contributed by atoms with Crippen LogP contribution in [0.25, 0.3) is 0 Å². The molecule has 0 unspecified atom stereocenters. The summed E-state index contributed by atoms with van der Waals surface area (Å²) in [6, 6.07) is 2.58.